The zero-order valence-electron chi connectivity index (χ0n) is 7.45. The van der Waals surface area contributed by atoms with Gasteiger partial charge in [-0.25, -0.2) is 13.8 Å². The van der Waals surface area contributed by atoms with Crippen LogP contribution in [0.25, 0.3) is 0 Å². The zero-order valence-corrected chi connectivity index (χ0v) is 10.4. The standard InChI is InChI=1S/C8H4ClF5IN/c9-2-4-3(7(10)11)1-5(15)16-6(4)8(12,13)14/h1,7H,2H2. The van der Waals surface area contributed by atoms with Crippen molar-refractivity contribution >= 4 is 34.2 Å². The molecule has 0 aliphatic carbocycles. The Morgan fingerprint density at radius 2 is 1.94 bits per heavy atom. The van der Waals surface area contributed by atoms with Crippen LogP contribution in [-0.4, -0.2) is 4.98 Å². The molecular formula is C8H4ClF5IN. The molecule has 0 bridgehead atoms. The monoisotopic (exact) mass is 371 g/mol. The summed E-state index contributed by atoms with van der Waals surface area (Å²) in [6.45, 7) is 0. The third kappa shape index (κ3) is 2.93. The van der Waals surface area contributed by atoms with Gasteiger partial charge in [-0.3, -0.25) is 0 Å². The van der Waals surface area contributed by atoms with Crippen LogP contribution < -0.4 is 0 Å². The van der Waals surface area contributed by atoms with Gasteiger partial charge in [-0.15, -0.1) is 11.6 Å². The lowest BCUT2D eigenvalue weighted by atomic mass is 10.1. The second-order valence-corrected chi connectivity index (χ2v) is 4.17. The van der Waals surface area contributed by atoms with Crippen molar-refractivity contribution in [2.45, 2.75) is 18.5 Å². The largest absolute Gasteiger partial charge is 0.433 e. The lowest BCUT2D eigenvalue weighted by Gasteiger charge is -2.14. The summed E-state index contributed by atoms with van der Waals surface area (Å²) in [5, 5.41) is 0. The van der Waals surface area contributed by atoms with Gasteiger partial charge < -0.3 is 0 Å². The maximum Gasteiger partial charge on any atom is 0.433 e. The first kappa shape index (κ1) is 13.9. The van der Waals surface area contributed by atoms with Gasteiger partial charge in [0.25, 0.3) is 6.43 Å². The summed E-state index contributed by atoms with van der Waals surface area (Å²) >= 11 is 6.71. The smallest absolute Gasteiger partial charge is 0.237 e. The zero-order chi connectivity index (χ0) is 12.5. The molecule has 1 rings (SSSR count). The summed E-state index contributed by atoms with van der Waals surface area (Å²) in [4.78, 5) is 3.20. The first-order valence-electron chi connectivity index (χ1n) is 3.88. The molecule has 0 radical (unpaired) electrons. The number of aromatic nitrogens is 1. The van der Waals surface area contributed by atoms with Crippen LogP contribution in [0.2, 0.25) is 0 Å². The molecule has 0 unspecified atom stereocenters. The molecule has 1 aromatic rings. The van der Waals surface area contributed by atoms with E-state index >= 15 is 0 Å². The predicted octanol–water partition coefficient (Wildman–Crippen LogP) is 4.38. The molecule has 0 spiro atoms. The number of hydrogen-bond donors (Lipinski definition) is 0. The minimum absolute atomic E-state index is 0.144. The Kier molecular flexibility index (Phi) is 4.33. The maximum atomic E-state index is 12.5. The van der Waals surface area contributed by atoms with Crippen LogP contribution in [0.5, 0.6) is 0 Å². The van der Waals surface area contributed by atoms with Crippen molar-refractivity contribution in [2.75, 3.05) is 0 Å². The van der Waals surface area contributed by atoms with E-state index in [1.165, 1.54) is 22.6 Å². The molecule has 1 aromatic heterocycles. The molecule has 0 saturated heterocycles. The molecule has 0 aliphatic heterocycles. The van der Waals surface area contributed by atoms with Crippen molar-refractivity contribution in [2.24, 2.45) is 0 Å². The van der Waals surface area contributed by atoms with E-state index in [2.05, 4.69) is 4.98 Å². The first-order valence-corrected chi connectivity index (χ1v) is 5.49. The van der Waals surface area contributed by atoms with Gasteiger partial charge in [-0.1, -0.05) is 0 Å². The van der Waals surface area contributed by atoms with Gasteiger partial charge >= 0.3 is 6.18 Å². The van der Waals surface area contributed by atoms with Crippen molar-refractivity contribution in [3.8, 4) is 0 Å². The molecular weight excluding hydrogens is 367 g/mol. The third-order valence-corrected chi connectivity index (χ3v) is 2.58. The molecule has 1 nitrogen and oxygen atoms in total. The second-order valence-electron chi connectivity index (χ2n) is 2.79. The third-order valence-electron chi connectivity index (χ3n) is 1.76. The molecule has 0 aromatic carbocycles. The second kappa shape index (κ2) is 4.99. The molecule has 90 valence electrons. The summed E-state index contributed by atoms with van der Waals surface area (Å²) in [6, 6.07) is 0.901. The molecule has 0 fully saturated rings. The molecule has 0 N–H and O–H groups in total. The average molecular weight is 371 g/mol. The van der Waals surface area contributed by atoms with Crippen molar-refractivity contribution in [3.63, 3.8) is 0 Å². The van der Waals surface area contributed by atoms with Gasteiger partial charge in [0, 0.05) is 17.0 Å². The molecule has 16 heavy (non-hydrogen) atoms. The Balaban J connectivity index is 3.49. The van der Waals surface area contributed by atoms with Gasteiger partial charge in [0.2, 0.25) is 0 Å². The fraction of sp³-hybridized carbons (Fsp3) is 0.375. The Morgan fingerprint density at radius 3 is 2.31 bits per heavy atom. The molecule has 8 heteroatoms. The van der Waals surface area contributed by atoms with Gasteiger partial charge in [0.15, 0.2) is 5.69 Å². The van der Waals surface area contributed by atoms with Crippen LogP contribution in [0.1, 0.15) is 23.2 Å². The summed E-state index contributed by atoms with van der Waals surface area (Å²) in [6.07, 6.45) is -7.79. The molecule has 0 saturated carbocycles. The van der Waals surface area contributed by atoms with Crippen LogP contribution in [0.15, 0.2) is 6.07 Å². The highest BCUT2D eigenvalue weighted by Crippen LogP contribution is 2.36. The van der Waals surface area contributed by atoms with E-state index < -0.39 is 35.3 Å². The minimum atomic E-state index is -4.78. The molecule has 0 aliphatic rings. The van der Waals surface area contributed by atoms with Crippen molar-refractivity contribution < 1.29 is 22.0 Å². The van der Waals surface area contributed by atoms with Crippen LogP contribution >= 0.6 is 34.2 Å². The Morgan fingerprint density at radius 1 is 1.38 bits per heavy atom. The van der Waals surface area contributed by atoms with Gasteiger partial charge in [-0.2, -0.15) is 13.2 Å². The van der Waals surface area contributed by atoms with Crippen molar-refractivity contribution in [3.05, 3.63) is 26.6 Å². The average Bonchev–Trinajstić information content (AvgIpc) is 2.14. The highest BCUT2D eigenvalue weighted by molar-refractivity contribution is 14.1. The number of alkyl halides is 6. The first-order chi connectivity index (χ1) is 7.27. The number of hydrogen-bond acceptors (Lipinski definition) is 1. The predicted molar refractivity (Wildman–Crippen MR) is 56.5 cm³/mol. The van der Waals surface area contributed by atoms with Gasteiger partial charge in [0.05, 0.1) is 0 Å². The lowest BCUT2D eigenvalue weighted by Crippen LogP contribution is -2.14. The van der Waals surface area contributed by atoms with Crippen molar-refractivity contribution in [1.82, 2.24) is 4.98 Å². The van der Waals surface area contributed by atoms with E-state index in [1.54, 1.807) is 0 Å². The summed E-state index contributed by atoms with van der Waals surface area (Å²) < 4.78 is 62.3. The maximum absolute atomic E-state index is 12.5. The van der Waals surface area contributed by atoms with Crippen molar-refractivity contribution in [1.29, 1.82) is 0 Å². The summed E-state index contributed by atoms with van der Waals surface area (Å²) in [5.74, 6) is -0.654. The van der Waals surface area contributed by atoms with Crippen LogP contribution in [0, 0.1) is 3.70 Å². The van der Waals surface area contributed by atoms with E-state index in [-0.39, 0.29) is 3.70 Å². The van der Waals surface area contributed by atoms with Crippen LogP contribution in [0.4, 0.5) is 22.0 Å². The Bertz CT molecular complexity index is 393. The number of rotatable bonds is 2. The fourth-order valence-electron chi connectivity index (χ4n) is 1.13. The van der Waals surface area contributed by atoms with Gasteiger partial charge in [0.1, 0.15) is 3.70 Å². The van der Waals surface area contributed by atoms with Gasteiger partial charge in [-0.05, 0) is 28.7 Å². The summed E-state index contributed by atoms with van der Waals surface area (Å²) in [5.41, 5.74) is -2.73. The molecule has 1 heterocycles. The van der Waals surface area contributed by atoms with E-state index in [9.17, 15) is 22.0 Å². The molecule has 0 atom stereocenters. The SMILES string of the molecule is FC(F)c1cc(I)nc(C(F)(F)F)c1CCl. The Hall–Kier alpha value is -0.180. The van der Waals surface area contributed by atoms with E-state index in [0.29, 0.717) is 0 Å². The molecule has 0 amide bonds. The number of nitrogens with zero attached hydrogens (tertiary/aromatic N) is 1. The normalized spacial score (nSPS) is 12.2. The number of halogens is 7. The van der Waals surface area contributed by atoms with Crippen LogP contribution in [-0.2, 0) is 12.1 Å². The lowest BCUT2D eigenvalue weighted by molar-refractivity contribution is -0.142. The Labute approximate surface area is 106 Å². The summed E-state index contributed by atoms with van der Waals surface area (Å²) in [7, 11) is 0. The highest BCUT2D eigenvalue weighted by atomic mass is 127. The fourth-order valence-corrected chi connectivity index (χ4v) is 1.99. The van der Waals surface area contributed by atoms with E-state index in [4.69, 9.17) is 11.6 Å². The minimum Gasteiger partial charge on any atom is -0.237 e. The topological polar surface area (TPSA) is 12.9 Å². The number of pyridine rings is 1. The quantitative estimate of drug-likeness (QED) is 0.325. The highest BCUT2D eigenvalue weighted by Gasteiger charge is 2.37. The van der Waals surface area contributed by atoms with Crippen LogP contribution in [0.3, 0.4) is 0 Å². The van der Waals surface area contributed by atoms with E-state index in [0.717, 1.165) is 6.07 Å². The van der Waals surface area contributed by atoms with E-state index in [1.807, 2.05) is 0 Å².